The maximum atomic E-state index is 12.2. The second-order valence-corrected chi connectivity index (χ2v) is 5.20. The maximum absolute atomic E-state index is 12.2. The largest absolute Gasteiger partial charge is 0.480 e. The molecule has 2 unspecified atom stereocenters. The number of carbonyl (C=O) groups is 2. The van der Waals surface area contributed by atoms with E-state index in [0.717, 1.165) is 5.56 Å². The minimum atomic E-state index is -0.982. The highest BCUT2D eigenvalue weighted by Gasteiger charge is 2.42. The number of carboxylic acid groups (broad SMARTS) is 1. The number of carboxylic acids is 1. The predicted octanol–water partition coefficient (Wildman–Crippen LogP) is 2.82. The fraction of sp³-hybridized carbons (Fsp3) is 0.467. The Morgan fingerprint density at radius 2 is 1.90 bits per heavy atom. The number of benzene rings is 1. The van der Waals surface area contributed by atoms with Crippen molar-refractivity contribution in [1.82, 2.24) is 4.90 Å². The lowest BCUT2D eigenvalue weighted by atomic mass is 10.1. The molecule has 1 aromatic carbocycles. The van der Waals surface area contributed by atoms with Crippen LogP contribution in [0, 0.1) is 0 Å². The number of ether oxygens (including phenoxy) is 1. The van der Waals surface area contributed by atoms with Gasteiger partial charge in [-0.3, -0.25) is 4.90 Å². The molecular formula is C15H19NO4. The molecule has 0 radical (unpaired) electrons. The highest BCUT2D eigenvalue weighted by molar-refractivity contribution is 5.81. The van der Waals surface area contributed by atoms with E-state index in [1.165, 1.54) is 4.90 Å². The van der Waals surface area contributed by atoms with E-state index in [1.807, 2.05) is 30.3 Å². The zero-order chi connectivity index (χ0) is 14.7. The van der Waals surface area contributed by atoms with Gasteiger partial charge in [0.2, 0.25) is 0 Å². The van der Waals surface area contributed by atoms with Gasteiger partial charge in [0.1, 0.15) is 6.04 Å². The molecule has 0 aliphatic carbocycles. The molecule has 5 heteroatoms. The first-order chi connectivity index (χ1) is 9.50. The van der Waals surface area contributed by atoms with Gasteiger partial charge >= 0.3 is 12.1 Å². The first-order valence-electron chi connectivity index (χ1n) is 6.77. The first kappa shape index (κ1) is 14.4. The number of aliphatic carboxylic acids is 1. The van der Waals surface area contributed by atoms with Crippen LogP contribution in [0.25, 0.3) is 0 Å². The van der Waals surface area contributed by atoms with Crippen molar-refractivity contribution in [3.8, 4) is 0 Å². The van der Waals surface area contributed by atoms with Gasteiger partial charge in [-0.1, -0.05) is 30.3 Å². The van der Waals surface area contributed by atoms with Crippen molar-refractivity contribution in [3.63, 3.8) is 0 Å². The molecule has 0 aromatic heterocycles. The van der Waals surface area contributed by atoms with Crippen LogP contribution in [0.4, 0.5) is 4.79 Å². The number of hydrogen-bond donors (Lipinski definition) is 1. The summed E-state index contributed by atoms with van der Waals surface area (Å²) in [6.07, 6.45) is 0.253. The Bertz CT molecular complexity index is 486. The zero-order valence-electron chi connectivity index (χ0n) is 11.7. The Kier molecular flexibility index (Phi) is 4.27. The fourth-order valence-corrected chi connectivity index (χ4v) is 2.57. The van der Waals surface area contributed by atoms with Gasteiger partial charge in [0, 0.05) is 0 Å². The Morgan fingerprint density at radius 1 is 1.25 bits per heavy atom. The van der Waals surface area contributed by atoms with Crippen molar-refractivity contribution in [2.45, 2.75) is 44.9 Å². The lowest BCUT2D eigenvalue weighted by molar-refractivity contribution is -0.142. The van der Waals surface area contributed by atoms with Gasteiger partial charge in [-0.15, -0.1) is 0 Å². The third kappa shape index (κ3) is 2.92. The molecule has 108 valence electrons. The monoisotopic (exact) mass is 277 g/mol. The molecule has 0 bridgehead atoms. The van der Waals surface area contributed by atoms with Gasteiger partial charge in [-0.2, -0.15) is 0 Å². The maximum Gasteiger partial charge on any atom is 0.411 e. The summed E-state index contributed by atoms with van der Waals surface area (Å²) in [6, 6.07) is 8.43. The summed E-state index contributed by atoms with van der Waals surface area (Å²) in [5.41, 5.74) is 0.942. The van der Waals surface area contributed by atoms with Crippen LogP contribution < -0.4 is 0 Å². The van der Waals surface area contributed by atoms with E-state index < -0.39 is 18.1 Å². The number of likely N-dealkylation sites (tertiary alicyclic amines) is 1. The van der Waals surface area contributed by atoms with Crippen LogP contribution in [0.15, 0.2) is 30.3 Å². The molecule has 5 nitrogen and oxygen atoms in total. The minimum Gasteiger partial charge on any atom is -0.480 e. The summed E-state index contributed by atoms with van der Waals surface area (Å²) in [4.78, 5) is 24.9. The highest BCUT2D eigenvalue weighted by atomic mass is 16.6. The molecule has 1 N–H and O–H groups in total. The SMILES string of the molecule is CC(C)OC(=O)N1C(C(=O)O)CCC1c1ccccc1. The van der Waals surface area contributed by atoms with Crippen LogP contribution in [-0.4, -0.2) is 34.2 Å². The van der Waals surface area contributed by atoms with Crippen LogP contribution >= 0.6 is 0 Å². The standard InChI is InChI=1S/C15H19NO4/c1-10(2)20-15(19)16-12(8-9-13(16)14(17)18)11-6-4-3-5-7-11/h3-7,10,12-13H,8-9H2,1-2H3,(H,17,18). The Morgan fingerprint density at radius 3 is 2.45 bits per heavy atom. The minimum absolute atomic E-state index is 0.233. The van der Waals surface area contributed by atoms with Gasteiger partial charge < -0.3 is 9.84 Å². The fourth-order valence-electron chi connectivity index (χ4n) is 2.57. The molecular weight excluding hydrogens is 258 g/mol. The van der Waals surface area contributed by atoms with Crippen molar-refractivity contribution in [2.24, 2.45) is 0 Å². The molecule has 1 amide bonds. The molecule has 1 aromatic rings. The number of amides is 1. The van der Waals surface area contributed by atoms with Gasteiger partial charge in [0.05, 0.1) is 12.1 Å². The second-order valence-electron chi connectivity index (χ2n) is 5.20. The summed E-state index contributed by atoms with van der Waals surface area (Å²) >= 11 is 0. The number of rotatable bonds is 3. The van der Waals surface area contributed by atoms with Crippen molar-refractivity contribution in [3.05, 3.63) is 35.9 Å². The van der Waals surface area contributed by atoms with Gasteiger partial charge in [-0.05, 0) is 32.3 Å². The third-order valence-electron chi connectivity index (χ3n) is 3.40. The van der Waals surface area contributed by atoms with Crippen LogP contribution in [0.1, 0.15) is 38.3 Å². The highest BCUT2D eigenvalue weighted by Crippen LogP contribution is 2.36. The van der Waals surface area contributed by atoms with E-state index in [0.29, 0.717) is 12.8 Å². The molecule has 1 aliphatic heterocycles. The van der Waals surface area contributed by atoms with Crippen molar-refractivity contribution >= 4 is 12.1 Å². The third-order valence-corrected chi connectivity index (χ3v) is 3.40. The molecule has 1 saturated heterocycles. The molecule has 2 rings (SSSR count). The Hall–Kier alpha value is -2.04. The Labute approximate surface area is 118 Å². The van der Waals surface area contributed by atoms with E-state index >= 15 is 0 Å². The summed E-state index contributed by atoms with van der Waals surface area (Å²) in [5.74, 6) is -0.982. The molecule has 2 atom stereocenters. The smallest absolute Gasteiger partial charge is 0.411 e. The second kappa shape index (κ2) is 5.94. The Balaban J connectivity index is 2.27. The van der Waals surface area contributed by atoms with Crippen LogP contribution in [0.2, 0.25) is 0 Å². The van der Waals surface area contributed by atoms with Crippen molar-refractivity contribution in [2.75, 3.05) is 0 Å². The molecule has 0 saturated carbocycles. The normalized spacial score (nSPS) is 22.1. The van der Waals surface area contributed by atoms with E-state index in [9.17, 15) is 14.7 Å². The molecule has 1 fully saturated rings. The van der Waals surface area contributed by atoms with E-state index in [1.54, 1.807) is 13.8 Å². The predicted molar refractivity (Wildman–Crippen MR) is 73.3 cm³/mol. The molecule has 1 heterocycles. The van der Waals surface area contributed by atoms with Gasteiger partial charge in [0.25, 0.3) is 0 Å². The average Bonchev–Trinajstić information content (AvgIpc) is 2.83. The van der Waals surface area contributed by atoms with E-state index in [-0.39, 0.29) is 12.1 Å². The first-order valence-corrected chi connectivity index (χ1v) is 6.77. The van der Waals surface area contributed by atoms with Crippen LogP contribution in [0.5, 0.6) is 0 Å². The van der Waals surface area contributed by atoms with Gasteiger partial charge in [-0.25, -0.2) is 9.59 Å². The number of nitrogens with zero attached hydrogens (tertiary/aromatic N) is 1. The quantitative estimate of drug-likeness (QED) is 0.922. The van der Waals surface area contributed by atoms with E-state index in [4.69, 9.17) is 4.74 Å². The topological polar surface area (TPSA) is 66.8 Å². The molecule has 0 spiro atoms. The lowest BCUT2D eigenvalue weighted by Gasteiger charge is -2.28. The van der Waals surface area contributed by atoms with Crippen LogP contribution in [-0.2, 0) is 9.53 Å². The summed E-state index contributed by atoms with van der Waals surface area (Å²) in [7, 11) is 0. The molecule has 20 heavy (non-hydrogen) atoms. The van der Waals surface area contributed by atoms with Gasteiger partial charge in [0.15, 0.2) is 0 Å². The zero-order valence-corrected chi connectivity index (χ0v) is 11.7. The number of carbonyl (C=O) groups excluding carboxylic acids is 1. The van der Waals surface area contributed by atoms with Crippen molar-refractivity contribution < 1.29 is 19.4 Å². The van der Waals surface area contributed by atoms with Crippen LogP contribution in [0.3, 0.4) is 0 Å². The van der Waals surface area contributed by atoms with Crippen molar-refractivity contribution in [1.29, 1.82) is 0 Å². The molecule has 1 aliphatic rings. The number of hydrogen-bond acceptors (Lipinski definition) is 3. The summed E-state index contributed by atoms with van der Waals surface area (Å²) in [5, 5.41) is 9.28. The average molecular weight is 277 g/mol. The lowest BCUT2D eigenvalue weighted by Crippen LogP contribution is -2.42. The summed E-state index contributed by atoms with van der Waals surface area (Å²) < 4.78 is 5.19. The van der Waals surface area contributed by atoms with E-state index in [2.05, 4.69) is 0 Å². The summed E-state index contributed by atoms with van der Waals surface area (Å²) in [6.45, 7) is 3.50.